The summed E-state index contributed by atoms with van der Waals surface area (Å²) in [4.78, 5) is 1.23. The molecule has 1 N–H and O–H groups in total. The third kappa shape index (κ3) is 2.79. The molecule has 4 heteroatoms. The predicted octanol–water partition coefficient (Wildman–Crippen LogP) is 5.44. The van der Waals surface area contributed by atoms with Crippen molar-refractivity contribution in [2.24, 2.45) is 0 Å². The largest absolute Gasteiger partial charge is 0.376 e. The minimum Gasteiger partial charge on any atom is -0.376 e. The zero-order chi connectivity index (χ0) is 14.1. The molecule has 104 valence electrons. The van der Waals surface area contributed by atoms with Crippen molar-refractivity contribution in [2.75, 3.05) is 11.1 Å². The number of hydrogen-bond donors (Lipinski definition) is 1. The highest BCUT2D eigenvalue weighted by Gasteiger charge is 2.21. The fraction of sp³-hybridized carbons (Fsp3) is 0.250. The summed E-state index contributed by atoms with van der Waals surface area (Å²) < 4.78 is 13.9. The third-order valence-corrected chi connectivity index (χ3v) is 4.82. The first kappa shape index (κ1) is 13.8. The second-order valence-corrected chi connectivity index (χ2v) is 6.57. The Hall–Kier alpha value is -1.19. The van der Waals surface area contributed by atoms with Crippen molar-refractivity contribution in [2.45, 2.75) is 24.3 Å². The van der Waals surface area contributed by atoms with Crippen LogP contribution < -0.4 is 5.32 Å². The Morgan fingerprint density at radius 2 is 2.10 bits per heavy atom. The van der Waals surface area contributed by atoms with Crippen molar-refractivity contribution in [1.29, 1.82) is 0 Å². The van der Waals surface area contributed by atoms with E-state index in [0.717, 1.165) is 28.3 Å². The fourth-order valence-corrected chi connectivity index (χ4v) is 3.74. The standard InChI is InChI=1S/C16H15ClFNS/c1-10-2-4-13(18)15(8-10)19-14-6-7-20-16-5-3-11(17)9-12(14)16/h2-5,8-9,14,19H,6-7H2,1H3. The number of fused-ring (bicyclic) bond motifs is 1. The Morgan fingerprint density at radius 1 is 1.25 bits per heavy atom. The molecule has 3 rings (SSSR count). The van der Waals surface area contributed by atoms with E-state index < -0.39 is 0 Å². The average Bonchev–Trinajstić information content (AvgIpc) is 2.43. The van der Waals surface area contributed by atoms with Gasteiger partial charge in [0.15, 0.2) is 0 Å². The number of halogens is 2. The van der Waals surface area contributed by atoms with Gasteiger partial charge in [-0.3, -0.25) is 0 Å². The normalized spacial score (nSPS) is 17.6. The SMILES string of the molecule is Cc1ccc(F)c(NC2CCSc3ccc(Cl)cc32)c1. The summed E-state index contributed by atoms with van der Waals surface area (Å²) in [5.41, 5.74) is 2.77. The third-order valence-electron chi connectivity index (χ3n) is 3.46. The summed E-state index contributed by atoms with van der Waals surface area (Å²) in [7, 11) is 0. The molecular weight excluding hydrogens is 293 g/mol. The van der Waals surface area contributed by atoms with Gasteiger partial charge in [0.05, 0.1) is 11.7 Å². The Balaban J connectivity index is 1.93. The van der Waals surface area contributed by atoms with Crippen molar-refractivity contribution in [3.8, 4) is 0 Å². The maximum absolute atomic E-state index is 13.9. The highest BCUT2D eigenvalue weighted by Crippen LogP contribution is 2.39. The van der Waals surface area contributed by atoms with E-state index in [1.807, 2.05) is 43.0 Å². The summed E-state index contributed by atoms with van der Waals surface area (Å²) in [6.45, 7) is 1.96. The predicted molar refractivity (Wildman–Crippen MR) is 84.3 cm³/mol. The van der Waals surface area contributed by atoms with Crippen LogP contribution in [0.15, 0.2) is 41.3 Å². The number of benzene rings is 2. The minimum absolute atomic E-state index is 0.112. The van der Waals surface area contributed by atoms with E-state index in [0.29, 0.717) is 5.69 Å². The monoisotopic (exact) mass is 307 g/mol. The van der Waals surface area contributed by atoms with Gasteiger partial charge in [-0.1, -0.05) is 17.7 Å². The molecule has 0 spiro atoms. The van der Waals surface area contributed by atoms with Gasteiger partial charge in [-0.2, -0.15) is 0 Å². The zero-order valence-electron chi connectivity index (χ0n) is 11.1. The van der Waals surface area contributed by atoms with Crippen molar-refractivity contribution >= 4 is 29.1 Å². The van der Waals surface area contributed by atoms with Crippen LogP contribution >= 0.6 is 23.4 Å². The van der Waals surface area contributed by atoms with Crippen LogP contribution in [0.2, 0.25) is 5.02 Å². The lowest BCUT2D eigenvalue weighted by atomic mass is 10.0. The Bertz CT molecular complexity index is 644. The molecule has 1 atom stereocenters. The molecule has 0 radical (unpaired) electrons. The Kier molecular flexibility index (Phi) is 3.90. The first-order chi connectivity index (χ1) is 9.63. The Morgan fingerprint density at radius 3 is 2.95 bits per heavy atom. The molecule has 1 aliphatic rings. The molecule has 0 fully saturated rings. The van der Waals surface area contributed by atoms with Crippen LogP contribution in [0.1, 0.15) is 23.6 Å². The van der Waals surface area contributed by atoms with E-state index in [4.69, 9.17) is 11.6 Å². The van der Waals surface area contributed by atoms with Crippen LogP contribution in [0.5, 0.6) is 0 Å². The van der Waals surface area contributed by atoms with Crippen molar-refractivity contribution in [3.63, 3.8) is 0 Å². The summed E-state index contributed by atoms with van der Waals surface area (Å²) in [6.07, 6.45) is 0.964. The second kappa shape index (κ2) is 5.66. The number of aryl methyl sites for hydroxylation is 1. The van der Waals surface area contributed by atoms with E-state index in [9.17, 15) is 4.39 Å². The first-order valence-electron chi connectivity index (χ1n) is 6.58. The van der Waals surface area contributed by atoms with Gasteiger partial charge < -0.3 is 5.32 Å². The molecule has 0 amide bonds. The van der Waals surface area contributed by atoms with Gasteiger partial charge in [0.1, 0.15) is 5.82 Å². The summed E-state index contributed by atoms with van der Waals surface area (Å²) >= 11 is 7.92. The number of rotatable bonds is 2. The molecule has 0 aliphatic carbocycles. The lowest BCUT2D eigenvalue weighted by molar-refractivity contribution is 0.622. The van der Waals surface area contributed by atoms with E-state index in [1.165, 1.54) is 11.0 Å². The van der Waals surface area contributed by atoms with Crippen LogP contribution in [-0.2, 0) is 0 Å². The number of anilines is 1. The molecule has 1 aliphatic heterocycles. The first-order valence-corrected chi connectivity index (χ1v) is 7.95. The average molecular weight is 308 g/mol. The molecule has 2 aromatic rings. The molecular formula is C16H15ClFNS. The summed E-state index contributed by atoms with van der Waals surface area (Å²) in [5.74, 6) is 0.817. The van der Waals surface area contributed by atoms with Crippen LogP contribution in [-0.4, -0.2) is 5.75 Å². The van der Waals surface area contributed by atoms with Gasteiger partial charge in [0.25, 0.3) is 0 Å². The number of thioether (sulfide) groups is 1. The molecule has 1 nitrogen and oxygen atoms in total. The smallest absolute Gasteiger partial charge is 0.146 e. The molecule has 0 saturated heterocycles. The van der Waals surface area contributed by atoms with Gasteiger partial charge in [0.2, 0.25) is 0 Å². The minimum atomic E-state index is -0.211. The van der Waals surface area contributed by atoms with Gasteiger partial charge >= 0.3 is 0 Å². The van der Waals surface area contributed by atoms with Crippen LogP contribution in [0.25, 0.3) is 0 Å². The van der Waals surface area contributed by atoms with Gasteiger partial charge in [-0.15, -0.1) is 11.8 Å². The van der Waals surface area contributed by atoms with Crippen molar-refractivity contribution in [3.05, 3.63) is 58.4 Å². The molecule has 0 aromatic heterocycles. The highest BCUT2D eigenvalue weighted by atomic mass is 35.5. The van der Waals surface area contributed by atoms with E-state index in [-0.39, 0.29) is 11.9 Å². The van der Waals surface area contributed by atoms with Gasteiger partial charge in [-0.05, 0) is 54.8 Å². The van der Waals surface area contributed by atoms with Crippen molar-refractivity contribution in [1.82, 2.24) is 0 Å². The quantitative estimate of drug-likeness (QED) is 0.793. The summed E-state index contributed by atoms with van der Waals surface area (Å²) in [5, 5.41) is 4.05. The molecule has 0 saturated carbocycles. The number of hydrogen-bond acceptors (Lipinski definition) is 2. The van der Waals surface area contributed by atoms with Crippen LogP contribution in [0, 0.1) is 12.7 Å². The van der Waals surface area contributed by atoms with Crippen molar-refractivity contribution < 1.29 is 4.39 Å². The molecule has 20 heavy (non-hydrogen) atoms. The van der Waals surface area contributed by atoms with E-state index >= 15 is 0 Å². The van der Waals surface area contributed by atoms with Gasteiger partial charge in [0, 0.05) is 15.7 Å². The van der Waals surface area contributed by atoms with Crippen LogP contribution in [0.3, 0.4) is 0 Å². The fourth-order valence-electron chi connectivity index (χ4n) is 2.45. The molecule has 1 unspecified atom stereocenters. The maximum Gasteiger partial charge on any atom is 0.146 e. The molecule has 1 heterocycles. The number of nitrogens with one attached hydrogen (secondary N) is 1. The highest BCUT2D eigenvalue weighted by molar-refractivity contribution is 7.99. The van der Waals surface area contributed by atoms with E-state index in [1.54, 1.807) is 6.07 Å². The maximum atomic E-state index is 13.9. The lowest BCUT2D eigenvalue weighted by Crippen LogP contribution is -2.16. The van der Waals surface area contributed by atoms with E-state index in [2.05, 4.69) is 5.32 Å². The molecule has 2 aromatic carbocycles. The second-order valence-electron chi connectivity index (χ2n) is 5.00. The lowest BCUT2D eigenvalue weighted by Gasteiger charge is -2.27. The molecule has 0 bridgehead atoms. The summed E-state index contributed by atoms with van der Waals surface area (Å²) in [6, 6.07) is 11.2. The van der Waals surface area contributed by atoms with Crippen LogP contribution in [0.4, 0.5) is 10.1 Å². The Labute approximate surface area is 127 Å². The zero-order valence-corrected chi connectivity index (χ0v) is 12.7. The van der Waals surface area contributed by atoms with Gasteiger partial charge in [-0.25, -0.2) is 4.39 Å². The topological polar surface area (TPSA) is 12.0 Å².